The highest BCUT2D eigenvalue weighted by Crippen LogP contribution is 2.22. The fraction of sp³-hybridized carbons (Fsp3) is 0.100. The largest absolute Gasteiger partial charge is 1.00 e. The zero-order valence-corrected chi connectivity index (χ0v) is 10.5. The van der Waals surface area contributed by atoms with Gasteiger partial charge in [0.25, 0.3) is 0 Å². The first-order chi connectivity index (χ1) is 7.15. The zero-order chi connectivity index (χ0) is 10.8. The molecule has 2 N–H and O–H groups in total. The van der Waals surface area contributed by atoms with Crippen LogP contribution in [0, 0.1) is 0 Å². The molecule has 1 aromatic carbocycles. The van der Waals surface area contributed by atoms with Gasteiger partial charge < -0.3 is 18.1 Å². The molecule has 0 saturated heterocycles. The first kappa shape index (κ1) is 13.2. The van der Waals surface area contributed by atoms with Crippen molar-refractivity contribution in [3.63, 3.8) is 0 Å². The summed E-state index contributed by atoms with van der Waals surface area (Å²) in [6.45, 7) is 0.633. The molecule has 0 aliphatic rings. The Morgan fingerprint density at radius 2 is 2.00 bits per heavy atom. The lowest BCUT2D eigenvalue weighted by Crippen LogP contribution is -3.00. The number of nitrogens with zero attached hydrogens (tertiary/aromatic N) is 2. The van der Waals surface area contributed by atoms with E-state index in [9.17, 15) is 0 Å². The Morgan fingerprint density at radius 1 is 1.25 bits per heavy atom. The lowest BCUT2D eigenvalue weighted by Gasteiger charge is -2.03. The summed E-state index contributed by atoms with van der Waals surface area (Å²) in [5.74, 6) is 0. The maximum absolute atomic E-state index is 5.90. The highest BCUT2D eigenvalue weighted by Gasteiger charge is 2.01. The molecule has 3 nitrogen and oxygen atoms in total. The Labute approximate surface area is 110 Å². The Bertz CT molecular complexity index is 482. The van der Waals surface area contributed by atoms with Crippen molar-refractivity contribution in [2.75, 3.05) is 5.73 Å². The maximum Gasteiger partial charge on any atom is 0.0719 e. The van der Waals surface area contributed by atoms with Gasteiger partial charge in [0, 0.05) is 6.20 Å². The Hall–Kier alpha value is -0.900. The van der Waals surface area contributed by atoms with Gasteiger partial charge in [0.1, 0.15) is 0 Å². The topological polar surface area (TPSA) is 43.8 Å². The number of halogens is 3. The number of anilines is 1. The minimum atomic E-state index is 0. The van der Waals surface area contributed by atoms with E-state index < -0.39 is 0 Å². The summed E-state index contributed by atoms with van der Waals surface area (Å²) >= 11 is 11.7. The highest BCUT2D eigenvalue weighted by molar-refractivity contribution is 6.42. The molecule has 2 aromatic rings. The van der Waals surface area contributed by atoms with E-state index in [4.69, 9.17) is 28.9 Å². The van der Waals surface area contributed by atoms with E-state index in [1.807, 2.05) is 12.1 Å². The lowest BCUT2D eigenvalue weighted by molar-refractivity contribution is -0.00000297. The summed E-state index contributed by atoms with van der Waals surface area (Å²) in [5, 5.41) is 5.18. The van der Waals surface area contributed by atoms with Gasteiger partial charge in [-0.3, -0.25) is 4.68 Å². The summed E-state index contributed by atoms with van der Waals surface area (Å²) in [5.41, 5.74) is 7.24. The molecule has 0 atom stereocenters. The van der Waals surface area contributed by atoms with Gasteiger partial charge in [-0.25, -0.2) is 0 Å². The number of rotatable bonds is 2. The molecule has 6 heteroatoms. The third-order valence-corrected chi connectivity index (χ3v) is 2.72. The van der Waals surface area contributed by atoms with E-state index in [1.165, 1.54) is 0 Å². The number of aromatic nitrogens is 2. The minimum absolute atomic E-state index is 0. The monoisotopic (exact) mass is 276 g/mol. The van der Waals surface area contributed by atoms with Crippen LogP contribution in [0.15, 0.2) is 30.6 Å². The van der Waals surface area contributed by atoms with E-state index in [0.29, 0.717) is 22.3 Å². The molecule has 16 heavy (non-hydrogen) atoms. The second kappa shape index (κ2) is 5.43. The molecular formula is C10H9Cl3N3-. The van der Waals surface area contributed by atoms with Crippen LogP contribution in [0.5, 0.6) is 0 Å². The number of nitrogen functional groups attached to an aromatic ring is 1. The molecule has 0 aliphatic heterocycles. The molecule has 0 radical (unpaired) electrons. The van der Waals surface area contributed by atoms with Gasteiger partial charge in [-0.05, 0) is 17.7 Å². The van der Waals surface area contributed by atoms with Crippen LogP contribution in [-0.4, -0.2) is 9.78 Å². The van der Waals surface area contributed by atoms with Crippen molar-refractivity contribution >= 4 is 28.9 Å². The quantitative estimate of drug-likeness (QED) is 0.828. The Morgan fingerprint density at radius 3 is 2.56 bits per heavy atom. The average molecular weight is 278 g/mol. The predicted molar refractivity (Wildman–Crippen MR) is 62.2 cm³/mol. The van der Waals surface area contributed by atoms with Crippen molar-refractivity contribution in [2.45, 2.75) is 6.54 Å². The molecule has 0 saturated carbocycles. The van der Waals surface area contributed by atoms with E-state index in [-0.39, 0.29) is 12.4 Å². The molecule has 1 aromatic heterocycles. The fourth-order valence-electron chi connectivity index (χ4n) is 1.29. The van der Waals surface area contributed by atoms with Crippen LogP contribution in [0.1, 0.15) is 5.56 Å². The van der Waals surface area contributed by atoms with Crippen molar-refractivity contribution in [1.29, 1.82) is 0 Å². The van der Waals surface area contributed by atoms with Crippen LogP contribution in [0.4, 0.5) is 5.69 Å². The number of benzene rings is 1. The molecule has 2 rings (SSSR count). The van der Waals surface area contributed by atoms with Gasteiger partial charge in [-0.1, -0.05) is 29.3 Å². The summed E-state index contributed by atoms with van der Waals surface area (Å²) < 4.78 is 1.74. The molecular weight excluding hydrogens is 268 g/mol. The number of nitrogens with two attached hydrogens (primary N) is 1. The second-order valence-electron chi connectivity index (χ2n) is 3.22. The van der Waals surface area contributed by atoms with Gasteiger partial charge in [0.15, 0.2) is 0 Å². The van der Waals surface area contributed by atoms with Gasteiger partial charge in [-0.15, -0.1) is 0 Å². The maximum atomic E-state index is 5.90. The summed E-state index contributed by atoms with van der Waals surface area (Å²) in [4.78, 5) is 0. The first-order valence-corrected chi connectivity index (χ1v) is 5.12. The number of hydrogen-bond donors (Lipinski definition) is 1. The lowest BCUT2D eigenvalue weighted by atomic mass is 10.2. The first-order valence-electron chi connectivity index (χ1n) is 4.37. The third kappa shape index (κ3) is 3.04. The van der Waals surface area contributed by atoms with Gasteiger partial charge in [0.2, 0.25) is 0 Å². The molecule has 1 heterocycles. The van der Waals surface area contributed by atoms with Crippen LogP contribution >= 0.6 is 23.2 Å². The van der Waals surface area contributed by atoms with Crippen molar-refractivity contribution in [1.82, 2.24) is 9.78 Å². The van der Waals surface area contributed by atoms with Crippen LogP contribution < -0.4 is 18.1 Å². The molecule has 0 unspecified atom stereocenters. The van der Waals surface area contributed by atoms with Crippen LogP contribution in [0.3, 0.4) is 0 Å². The smallest absolute Gasteiger partial charge is 0.0719 e. The van der Waals surface area contributed by atoms with Crippen LogP contribution in [0.25, 0.3) is 0 Å². The van der Waals surface area contributed by atoms with E-state index >= 15 is 0 Å². The Balaban J connectivity index is 0.00000128. The summed E-state index contributed by atoms with van der Waals surface area (Å²) in [6.07, 6.45) is 3.38. The van der Waals surface area contributed by atoms with Crippen molar-refractivity contribution in [3.05, 3.63) is 46.2 Å². The standard InChI is InChI=1S/C10H9Cl2N3.ClH/c11-9-2-1-7(3-10(9)12)5-15-6-8(13)4-14-15;/h1-4,6H,5,13H2;1H/p-1. The number of hydrogen-bond acceptors (Lipinski definition) is 2. The summed E-state index contributed by atoms with van der Waals surface area (Å²) in [6, 6.07) is 5.50. The second-order valence-corrected chi connectivity index (χ2v) is 4.03. The zero-order valence-electron chi connectivity index (χ0n) is 8.20. The van der Waals surface area contributed by atoms with E-state index in [0.717, 1.165) is 5.56 Å². The SMILES string of the molecule is Nc1cnn(Cc2ccc(Cl)c(Cl)c2)c1.[Cl-]. The minimum Gasteiger partial charge on any atom is -1.00 e. The normalized spacial score (nSPS) is 9.88. The van der Waals surface area contributed by atoms with Crippen LogP contribution in [0.2, 0.25) is 10.0 Å². The third-order valence-electron chi connectivity index (χ3n) is 1.98. The predicted octanol–water partition coefficient (Wildman–Crippen LogP) is -0.176. The van der Waals surface area contributed by atoms with Gasteiger partial charge in [-0.2, -0.15) is 5.10 Å². The van der Waals surface area contributed by atoms with Gasteiger partial charge in [0.05, 0.1) is 28.5 Å². The molecule has 0 spiro atoms. The molecule has 86 valence electrons. The van der Waals surface area contributed by atoms with Gasteiger partial charge >= 0.3 is 0 Å². The van der Waals surface area contributed by atoms with Crippen LogP contribution in [-0.2, 0) is 6.54 Å². The van der Waals surface area contributed by atoms with E-state index in [2.05, 4.69) is 5.10 Å². The van der Waals surface area contributed by atoms with E-state index in [1.54, 1.807) is 23.1 Å². The molecule has 0 amide bonds. The molecule has 0 aliphatic carbocycles. The molecule has 0 bridgehead atoms. The highest BCUT2D eigenvalue weighted by atomic mass is 35.5. The Kier molecular flexibility index (Phi) is 4.47. The fourth-order valence-corrected chi connectivity index (χ4v) is 1.61. The molecule has 0 fully saturated rings. The average Bonchev–Trinajstić information content (AvgIpc) is 2.58. The van der Waals surface area contributed by atoms with Crippen molar-refractivity contribution in [2.24, 2.45) is 0 Å². The van der Waals surface area contributed by atoms with Crippen molar-refractivity contribution in [3.8, 4) is 0 Å². The van der Waals surface area contributed by atoms with Crippen molar-refractivity contribution < 1.29 is 12.4 Å². The summed E-state index contributed by atoms with van der Waals surface area (Å²) in [7, 11) is 0.